The van der Waals surface area contributed by atoms with Crippen molar-refractivity contribution in [3.8, 4) is 5.75 Å². The van der Waals surface area contributed by atoms with Crippen LogP contribution in [0, 0.1) is 5.92 Å². The first kappa shape index (κ1) is 15.3. The molecule has 3 unspecified atom stereocenters. The van der Waals surface area contributed by atoms with E-state index in [1.165, 1.54) is 31.2 Å². The topological polar surface area (TPSA) is 50.4 Å². The second kappa shape index (κ2) is 7.14. The minimum Gasteiger partial charge on any atom is -0.497 e. The number of carbonyl (C=O) groups excluding carboxylic acids is 1. The van der Waals surface area contributed by atoms with Crippen molar-refractivity contribution < 1.29 is 9.53 Å². The summed E-state index contributed by atoms with van der Waals surface area (Å²) in [6, 6.07) is 8.60. The molecule has 1 saturated heterocycles. The van der Waals surface area contributed by atoms with Crippen LogP contribution in [0.2, 0.25) is 0 Å². The maximum Gasteiger partial charge on any atom is 0.237 e. The van der Waals surface area contributed by atoms with Gasteiger partial charge in [0.1, 0.15) is 5.75 Å². The summed E-state index contributed by atoms with van der Waals surface area (Å²) in [6.45, 7) is 0.680. The van der Waals surface area contributed by atoms with Crippen LogP contribution in [0.4, 0.5) is 0 Å². The molecule has 1 aromatic rings. The van der Waals surface area contributed by atoms with E-state index >= 15 is 0 Å². The molecule has 1 aromatic carbocycles. The number of carbonyl (C=O) groups is 1. The lowest BCUT2D eigenvalue weighted by Gasteiger charge is -2.24. The average molecular weight is 302 g/mol. The summed E-state index contributed by atoms with van der Waals surface area (Å²) in [5, 5.41) is 6.61. The Morgan fingerprint density at radius 1 is 1.36 bits per heavy atom. The molecule has 1 saturated carbocycles. The molecule has 1 aliphatic heterocycles. The fraction of sp³-hybridized carbons (Fsp3) is 0.611. The zero-order valence-corrected chi connectivity index (χ0v) is 13.3. The van der Waals surface area contributed by atoms with Crippen LogP contribution in [0.1, 0.15) is 37.7 Å². The Labute approximate surface area is 132 Å². The summed E-state index contributed by atoms with van der Waals surface area (Å²) in [7, 11) is 1.67. The first-order valence-electron chi connectivity index (χ1n) is 8.43. The Hall–Kier alpha value is -1.55. The molecule has 4 nitrogen and oxygen atoms in total. The molecule has 0 spiro atoms. The molecule has 1 aliphatic carbocycles. The van der Waals surface area contributed by atoms with Gasteiger partial charge in [-0.25, -0.2) is 0 Å². The quantitative estimate of drug-likeness (QED) is 0.877. The number of amides is 1. The van der Waals surface area contributed by atoms with E-state index in [1.54, 1.807) is 7.11 Å². The van der Waals surface area contributed by atoms with Gasteiger partial charge >= 0.3 is 0 Å². The number of nitrogens with one attached hydrogen (secondary N) is 2. The third-order valence-corrected chi connectivity index (χ3v) is 5.03. The molecule has 3 rings (SSSR count). The van der Waals surface area contributed by atoms with Crippen LogP contribution in [0.3, 0.4) is 0 Å². The highest BCUT2D eigenvalue weighted by Crippen LogP contribution is 2.33. The molecular formula is C18H26N2O2. The van der Waals surface area contributed by atoms with Crippen LogP contribution in [0.25, 0.3) is 0 Å². The van der Waals surface area contributed by atoms with Gasteiger partial charge in [0.25, 0.3) is 0 Å². The molecule has 1 heterocycles. The van der Waals surface area contributed by atoms with E-state index in [0.717, 1.165) is 18.6 Å². The van der Waals surface area contributed by atoms with Gasteiger partial charge in [-0.2, -0.15) is 0 Å². The minimum atomic E-state index is 0.0124. The van der Waals surface area contributed by atoms with E-state index in [0.29, 0.717) is 18.5 Å². The monoisotopic (exact) mass is 302 g/mol. The van der Waals surface area contributed by atoms with E-state index in [9.17, 15) is 4.79 Å². The minimum absolute atomic E-state index is 0.0124. The standard InChI is InChI=1S/C18H26N2O2/c1-22-15-7-4-5-13(11-15)9-10-19-18(21)17-12-14-6-2-3-8-16(14)20-17/h4-5,7,11,14,16-17,20H,2-3,6,8-10,12H2,1H3,(H,19,21). The number of ether oxygens (including phenoxy) is 1. The van der Waals surface area contributed by atoms with Gasteiger partial charge in [-0.15, -0.1) is 0 Å². The number of rotatable bonds is 5. The molecule has 3 atom stereocenters. The van der Waals surface area contributed by atoms with E-state index in [4.69, 9.17) is 4.74 Å². The summed E-state index contributed by atoms with van der Waals surface area (Å²) in [5.41, 5.74) is 1.19. The summed E-state index contributed by atoms with van der Waals surface area (Å²) in [4.78, 5) is 12.3. The molecule has 0 bridgehead atoms. The molecule has 120 valence electrons. The van der Waals surface area contributed by atoms with Crippen LogP contribution in [-0.4, -0.2) is 31.6 Å². The van der Waals surface area contributed by atoms with Crippen LogP contribution in [-0.2, 0) is 11.2 Å². The van der Waals surface area contributed by atoms with Gasteiger partial charge in [-0.05, 0) is 49.3 Å². The summed E-state index contributed by atoms with van der Waals surface area (Å²) >= 11 is 0. The Kier molecular flexibility index (Phi) is 4.98. The van der Waals surface area contributed by atoms with Crippen molar-refractivity contribution in [3.63, 3.8) is 0 Å². The van der Waals surface area contributed by atoms with Gasteiger partial charge in [0, 0.05) is 12.6 Å². The fourth-order valence-electron chi connectivity index (χ4n) is 3.80. The first-order chi connectivity index (χ1) is 10.8. The molecule has 2 fully saturated rings. The highest BCUT2D eigenvalue weighted by atomic mass is 16.5. The highest BCUT2D eigenvalue weighted by molar-refractivity contribution is 5.82. The number of hydrogen-bond donors (Lipinski definition) is 2. The summed E-state index contributed by atoms with van der Waals surface area (Å²) < 4.78 is 5.22. The predicted octanol–water partition coefficient (Wildman–Crippen LogP) is 2.27. The van der Waals surface area contributed by atoms with E-state index in [-0.39, 0.29) is 11.9 Å². The second-order valence-electron chi connectivity index (χ2n) is 6.50. The Balaban J connectivity index is 1.44. The SMILES string of the molecule is COc1cccc(CCNC(=O)C2CC3CCCCC3N2)c1. The van der Waals surface area contributed by atoms with Gasteiger partial charge in [0.2, 0.25) is 5.91 Å². The molecule has 4 heteroatoms. The zero-order valence-electron chi connectivity index (χ0n) is 13.3. The van der Waals surface area contributed by atoms with Gasteiger partial charge in [-0.1, -0.05) is 25.0 Å². The third-order valence-electron chi connectivity index (χ3n) is 5.03. The van der Waals surface area contributed by atoms with E-state index in [1.807, 2.05) is 18.2 Å². The van der Waals surface area contributed by atoms with Crippen LogP contribution < -0.4 is 15.4 Å². The number of methoxy groups -OCH3 is 1. The Morgan fingerprint density at radius 3 is 3.05 bits per heavy atom. The first-order valence-corrected chi connectivity index (χ1v) is 8.43. The van der Waals surface area contributed by atoms with Gasteiger partial charge in [0.15, 0.2) is 0 Å². The number of benzene rings is 1. The maximum atomic E-state index is 12.3. The lowest BCUT2D eigenvalue weighted by Crippen LogP contribution is -2.43. The molecule has 1 amide bonds. The molecule has 0 radical (unpaired) electrons. The smallest absolute Gasteiger partial charge is 0.237 e. The van der Waals surface area contributed by atoms with Crippen molar-refractivity contribution >= 4 is 5.91 Å². The molecular weight excluding hydrogens is 276 g/mol. The number of fused-ring (bicyclic) bond motifs is 1. The lowest BCUT2D eigenvalue weighted by molar-refractivity contribution is -0.122. The van der Waals surface area contributed by atoms with Gasteiger partial charge in [-0.3, -0.25) is 4.79 Å². The van der Waals surface area contributed by atoms with Gasteiger partial charge in [0.05, 0.1) is 13.2 Å². The Morgan fingerprint density at radius 2 is 2.23 bits per heavy atom. The van der Waals surface area contributed by atoms with Crippen molar-refractivity contribution in [2.75, 3.05) is 13.7 Å². The second-order valence-corrected chi connectivity index (χ2v) is 6.50. The maximum absolute atomic E-state index is 12.3. The van der Waals surface area contributed by atoms with Crippen molar-refractivity contribution in [2.24, 2.45) is 5.92 Å². The fourth-order valence-corrected chi connectivity index (χ4v) is 3.80. The van der Waals surface area contributed by atoms with E-state index in [2.05, 4.69) is 16.7 Å². The molecule has 0 aromatic heterocycles. The largest absolute Gasteiger partial charge is 0.497 e. The predicted molar refractivity (Wildman–Crippen MR) is 87.0 cm³/mol. The molecule has 2 aliphatic rings. The van der Waals surface area contributed by atoms with Crippen LogP contribution in [0.15, 0.2) is 24.3 Å². The summed E-state index contributed by atoms with van der Waals surface area (Å²) in [6.07, 6.45) is 6.99. The lowest BCUT2D eigenvalue weighted by atomic mass is 9.85. The van der Waals surface area contributed by atoms with Crippen LogP contribution in [0.5, 0.6) is 5.75 Å². The zero-order chi connectivity index (χ0) is 15.4. The molecule has 22 heavy (non-hydrogen) atoms. The van der Waals surface area contributed by atoms with Crippen LogP contribution >= 0.6 is 0 Å². The van der Waals surface area contributed by atoms with Crippen molar-refractivity contribution in [1.29, 1.82) is 0 Å². The number of hydrogen-bond acceptors (Lipinski definition) is 3. The normalized spacial score (nSPS) is 27.2. The highest BCUT2D eigenvalue weighted by Gasteiger charge is 2.37. The Bertz CT molecular complexity index is 504. The van der Waals surface area contributed by atoms with E-state index < -0.39 is 0 Å². The summed E-state index contributed by atoms with van der Waals surface area (Å²) in [5.74, 6) is 1.74. The third kappa shape index (κ3) is 3.61. The van der Waals surface area contributed by atoms with Gasteiger partial charge < -0.3 is 15.4 Å². The van der Waals surface area contributed by atoms with Crippen molar-refractivity contribution in [3.05, 3.63) is 29.8 Å². The van der Waals surface area contributed by atoms with Crippen molar-refractivity contribution in [1.82, 2.24) is 10.6 Å². The average Bonchev–Trinajstić information content (AvgIpc) is 2.99. The molecule has 2 N–H and O–H groups in total. The van der Waals surface area contributed by atoms with Crippen molar-refractivity contribution in [2.45, 2.75) is 50.6 Å².